The highest BCUT2D eigenvalue weighted by molar-refractivity contribution is 14.0. The zero-order valence-corrected chi connectivity index (χ0v) is 17.1. The molecule has 2 aliphatic carbocycles. The second-order valence-electron chi connectivity index (χ2n) is 7.02. The number of aromatic nitrogens is 2. The third-order valence-electron chi connectivity index (χ3n) is 5.41. The average molecular weight is 445 g/mol. The molecule has 0 aliphatic heterocycles. The van der Waals surface area contributed by atoms with Crippen LogP contribution in [-0.4, -0.2) is 34.6 Å². The topological polar surface area (TPSA) is 54.2 Å². The van der Waals surface area contributed by atoms with Gasteiger partial charge in [0.25, 0.3) is 0 Å². The summed E-state index contributed by atoms with van der Waals surface area (Å²) in [6, 6.07) is 0.598. The molecule has 0 bridgehead atoms. The Morgan fingerprint density at radius 2 is 2.04 bits per heavy atom. The van der Waals surface area contributed by atoms with Crippen LogP contribution in [-0.2, 0) is 6.54 Å². The van der Waals surface area contributed by atoms with Gasteiger partial charge < -0.3 is 15.2 Å². The fraction of sp³-hybridized carbons (Fsp3) is 0.778. The lowest BCUT2D eigenvalue weighted by Crippen LogP contribution is -2.47. The molecule has 24 heavy (non-hydrogen) atoms. The van der Waals surface area contributed by atoms with Gasteiger partial charge in [0.05, 0.1) is 12.9 Å². The Morgan fingerprint density at radius 1 is 1.21 bits per heavy atom. The molecule has 1 heterocycles. The smallest absolute Gasteiger partial charge is 0.191 e. The Hall–Kier alpha value is -0.790. The summed E-state index contributed by atoms with van der Waals surface area (Å²) in [4.78, 5) is 8.80. The van der Waals surface area contributed by atoms with Crippen molar-refractivity contribution in [2.24, 2.45) is 16.8 Å². The maximum atomic E-state index is 4.73. The number of guanidine groups is 1. The van der Waals surface area contributed by atoms with Crippen molar-refractivity contribution in [3.05, 3.63) is 18.7 Å². The second-order valence-corrected chi connectivity index (χ2v) is 7.02. The van der Waals surface area contributed by atoms with Crippen LogP contribution in [0.1, 0.15) is 51.9 Å². The molecule has 0 saturated heterocycles. The lowest BCUT2D eigenvalue weighted by atomic mass is 9.69. The first-order valence-electron chi connectivity index (χ1n) is 9.35. The molecule has 3 rings (SSSR count). The van der Waals surface area contributed by atoms with Crippen molar-refractivity contribution >= 4 is 29.9 Å². The van der Waals surface area contributed by atoms with Gasteiger partial charge in [-0.05, 0) is 38.0 Å². The molecule has 1 aromatic rings. The Balaban J connectivity index is 0.00000208. The maximum absolute atomic E-state index is 4.73. The molecule has 6 heteroatoms. The highest BCUT2D eigenvalue weighted by Crippen LogP contribution is 2.40. The predicted octanol–water partition coefficient (Wildman–Crippen LogP) is 3.42. The Morgan fingerprint density at radius 3 is 2.79 bits per heavy atom. The third kappa shape index (κ3) is 5.63. The van der Waals surface area contributed by atoms with Crippen molar-refractivity contribution in [1.82, 2.24) is 20.2 Å². The normalized spacial score (nSPS) is 27.0. The van der Waals surface area contributed by atoms with E-state index in [9.17, 15) is 0 Å². The summed E-state index contributed by atoms with van der Waals surface area (Å²) in [7, 11) is 0. The van der Waals surface area contributed by atoms with Crippen molar-refractivity contribution in [3.63, 3.8) is 0 Å². The molecule has 2 saturated carbocycles. The van der Waals surface area contributed by atoms with E-state index in [1.807, 2.05) is 18.7 Å². The number of hydrogen-bond acceptors (Lipinski definition) is 2. The lowest BCUT2D eigenvalue weighted by molar-refractivity contribution is 0.150. The van der Waals surface area contributed by atoms with E-state index >= 15 is 0 Å². The van der Waals surface area contributed by atoms with E-state index in [1.54, 1.807) is 0 Å². The number of aliphatic imine (C=N–C) groups is 1. The Bertz CT molecular complexity index is 488. The molecule has 2 N–H and O–H groups in total. The van der Waals surface area contributed by atoms with E-state index in [1.165, 1.54) is 44.9 Å². The monoisotopic (exact) mass is 445 g/mol. The van der Waals surface area contributed by atoms with Crippen LogP contribution >= 0.6 is 24.0 Å². The van der Waals surface area contributed by atoms with Crippen molar-refractivity contribution in [2.45, 2.75) is 64.5 Å². The second kappa shape index (κ2) is 10.3. The highest BCUT2D eigenvalue weighted by Gasteiger charge is 2.32. The molecule has 2 aliphatic rings. The van der Waals surface area contributed by atoms with Crippen molar-refractivity contribution in [2.75, 3.05) is 13.1 Å². The maximum Gasteiger partial charge on any atom is 0.191 e. The first kappa shape index (κ1) is 19.5. The van der Waals surface area contributed by atoms with Crippen molar-refractivity contribution < 1.29 is 0 Å². The van der Waals surface area contributed by atoms with E-state index < -0.39 is 0 Å². The Kier molecular flexibility index (Phi) is 8.35. The number of imidazole rings is 1. The van der Waals surface area contributed by atoms with Gasteiger partial charge in [-0.2, -0.15) is 0 Å². The molecule has 1 aromatic heterocycles. The van der Waals surface area contributed by atoms with Gasteiger partial charge in [0.2, 0.25) is 0 Å². The van der Waals surface area contributed by atoms with Gasteiger partial charge >= 0.3 is 0 Å². The Labute approximate surface area is 163 Å². The summed E-state index contributed by atoms with van der Waals surface area (Å²) >= 11 is 0. The van der Waals surface area contributed by atoms with E-state index in [2.05, 4.69) is 27.1 Å². The zero-order valence-electron chi connectivity index (χ0n) is 14.8. The van der Waals surface area contributed by atoms with E-state index in [0.29, 0.717) is 6.04 Å². The summed E-state index contributed by atoms with van der Waals surface area (Å²) in [6.45, 7) is 4.71. The molecular formula is C18H32IN5. The minimum atomic E-state index is 0. The molecular weight excluding hydrogens is 413 g/mol. The lowest BCUT2D eigenvalue weighted by Gasteiger charge is -2.39. The minimum Gasteiger partial charge on any atom is -0.357 e. The first-order chi connectivity index (χ1) is 11.3. The largest absolute Gasteiger partial charge is 0.357 e. The quantitative estimate of drug-likeness (QED) is 0.415. The highest BCUT2D eigenvalue weighted by atomic mass is 127. The summed E-state index contributed by atoms with van der Waals surface area (Å²) < 4.78 is 2.07. The van der Waals surface area contributed by atoms with Gasteiger partial charge in [-0.1, -0.05) is 25.7 Å². The van der Waals surface area contributed by atoms with Crippen LogP contribution in [0.3, 0.4) is 0 Å². The number of hydrogen-bond donors (Lipinski definition) is 2. The average Bonchev–Trinajstić information content (AvgIpc) is 3.08. The van der Waals surface area contributed by atoms with Gasteiger partial charge in [-0.25, -0.2) is 4.98 Å². The molecule has 2 fully saturated rings. The molecule has 3 atom stereocenters. The van der Waals surface area contributed by atoms with Gasteiger partial charge in [-0.15, -0.1) is 24.0 Å². The standard InChI is InChI=1S/C18H31N5.HI/c1-2-20-18(21-10-12-23-11-9-19-14-23)22-17-8-7-15-5-3-4-6-16(15)13-17;/h9,11,14-17H,2-8,10,12-13H2,1H3,(H2,20,21,22);1H. The summed E-state index contributed by atoms with van der Waals surface area (Å²) in [6.07, 6.45) is 15.5. The molecule has 0 aromatic carbocycles. The fourth-order valence-corrected chi connectivity index (χ4v) is 4.21. The third-order valence-corrected chi connectivity index (χ3v) is 5.41. The molecule has 3 unspecified atom stereocenters. The van der Waals surface area contributed by atoms with Crippen molar-refractivity contribution in [1.29, 1.82) is 0 Å². The van der Waals surface area contributed by atoms with Gasteiger partial charge in [-0.3, -0.25) is 4.99 Å². The summed E-state index contributed by atoms with van der Waals surface area (Å²) in [5.74, 6) is 2.93. The predicted molar refractivity (Wildman–Crippen MR) is 110 cm³/mol. The van der Waals surface area contributed by atoms with Crippen LogP contribution in [0.2, 0.25) is 0 Å². The van der Waals surface area contributed by atoms with Crippen molar-refractivity contribution in [3.8, 4) is 0 Å². The van der Waals surface area contributed by atoms with Gasteiger partial charge in [0, 0.05) is 31.5 Å². The summed E-state index contributed by atoms with van der Waals surface area (Å²) in [5.41, 5.74) is 0. The van der Waals surface area contributed by atoms with E-state index in [0.717, 1.165) is 37.4 Å². The van der Waals surface area contributed by atoms with Gasteiger partial charge in [0.1, 0.15) is 0 Å². The zero-order chi connectivity index (χ0) is 15.9. The molecule has 5 nitrogen and oxygen atoms in total. The number of nitrogens with one attached hydrogen (secondary N) is 2. The number of fused-ring (bicyclic) bond motifs is 1. The van der Waals surface area contributed by atoms with Crippen LogP contribution in [0.4, 0.5) is 0 Å². The fourth-order valence-electron chi connectivity index (χ4n) is 4.21. The number of nitrogens with zero attached hydrogens (tertiary/aromatic N) is 3. The molecule has 0 spiro atoms. The number of halogens is 1. The van der Waals surface area contributed by atoms with Crippen LogP contribution < -0.4 is 10.6 Å². The molecule has 136 valence electrons. The van der Waals surface area contributed by atoms with Gasteiger partial charge in [0.15, 0.2) is 5.96 Å². The van der Waals surface area contributed by atoms with Crippen LogP contribution in [0.15, 0.2) is 23.7 Å². The number of rotatable bonds is 5. The van der Waals surface area contributed by atoms with Crippen LogP contribution in [0, 0.1) is 11.8 Å². The minimum absolute atomic E-state index is 0. The van der Waals surface area contributed by atoms with E-state index in [-0.39, 0.29) is 24.0 Å². The summed E-state index contributed by atoms with van der Waals surface area (Å²) in [5, 5.41) is 7.08. The van der Waals surface area contributed by atoms with Crippen LogP contribution in [0.25, 0.3) is 0 Å². The molecule has 0 radical (unpaired) electrons. The molecule has 0 amide bonds. The SMILES string of the molecule is CCNC(=NCCn1ccnc1)NC1CCC2CCCCC2C1.I. The first-order valence-corrected chi connectivity index (χ1v) is 9.35. The van der Waals surface area contributed by atoms with E-state index in [4.69, 9.17) is 4.99 Å². The van der Waals surface area contributed by atoms with Crippen LogP contribution in [0.5, 0.6) is 0 Å².